The van der Waals surface area contributed by atoms with Crippen LogP contribution >= 0.6 is 0 Å². The van der Waals surface area contributed by atoms with Gasteiger partial charge in [0.25, 0.3) is 0 Å². The van der Waals surface area contributed by atoms with Crippen LogP contribution in [0.5, 0.6) is 0 Å². The van der Waals surface area contributed by atoms with E-state index in [-0.39, 0.29) is 23.5 Å². The highest BCUT2D eigenvalue weighted by molar-refractivity contribution is 5.87. The molecule has 6 heteroatoms. The average molecular weight is 263 g/mol. The zero-order valence-electron chi connectivity index (χ0n) is 10.6. The van der Waals surface area contributed by atoms with Crippen molar-refractivity contribution >= 4 is 12.0 Å². The van der Waals surface area contributed by atoms with Crippen molar-refractivity contribution in [2.75, 3.05) is 11.9 Å². The molecular formula is C13H17N3O3. The molecule has 1 spiro atoms. The summed E-state index contributed by atoms with van der Waals surface area (Å²) in [6.45, 7) is 0.830. The average Bonchev–Trinajstić information content (AvgIpc) is 2.94. The smallest absolute Gasteiger partial charge is 0.323 e. The van der Waals surface area contributed by atoms with Crippen molar-refractivity contribution in [1.29, 1.82) is 0 Å². The summed E-state index contributed by atoms with van der Waals surface area (Å²) in [5, 5.41) is 5.71. The third kappa shape index (κ3) is 1.52. The monoisotopic (exact) mass is 263 g/mol. The van der Waals surface area contributed by atoms with E-state index in [2.05, 4.69) is 15.6 Å². The van der Waals surface area contributed by atoms with Gasteiger partial charge >= 0.3 is 12.0 Å². The Morgan fingerprint density at radius 3 is 3.05 bits per heavy atom. The second-order valence-electron chi connectivity index (χ2n) is 5.74. The van der Waals surface area contributed by atoms with E-state index in [0.717, 1.165) is 25.9 Å². The molecule has 1 aromatic heterocycles. The standard InChI is InChI=1S/C13H17N3O3/c17-11(16-12-14-5-7-19-12)15-9-8-2-6-18-10(8)13(9)3-1-4-13/h5,7-10H,1-4,6H2,(H2,14,15,16,17)/t8-,9-,10-/m1/s1. The van der Waals surface area contributed by atoms with Crippen LogP contribution < -0.4 is 10.6 Å². The number of rotatable bonds is 2. The number of aromatic nitrogens is 1. The van der Waals surface area contributed by atoms with Gasteiger partial charge in [0, 0.05) is 24.0 Å². The van der Waals surface area contributed by atoms with Gasteiger partial charge in [0.2, 0.25) is 0 Å². The normalized spacial score (nSPS) is 34.2. The fourth-order valence-corrected chi connectivity index (χ4v) is 4.02. The number of nitrogens with zero attached hydrogens (tertiary/aromatic N) is 1. The minimum atomic E-state index is -0.232. The van der Waals surface area contributed by atoms with E-state index in [1.54, 1.807) is 0 Å². The van der Waals surface area contributed by atoms with Crippen LogP contribution in [0.3, 0.4) is 0 Å². The van der Waals surface area contributed by atoms with E-state index < -0.39 is 0 Å². The summed E-state index contributed by atoms with van der Waals surface area (Å²) in [4.78, 5) is 15.8. The maximum atomic E-state index is 12.0. The van der Waals surface area contributed by atoms with E-state index in [0.29, 0.717) is 12.0 Å². The second-order valence-corrected chi connectivity index (χ2v) is 5.74. The molecule has 3 fully saturated rings. The minimum absolute atomic E-state index is 0.203. The number of carbonyl (C=O) groups excluding carboxylic acids is 1. The Balaban J connectivity index is 1.43. The van der Waals surface area contributed by atoms with Gasteiger partial charge in [-0.3, -0.25) is 5.32 Å². The number of anilines is 1. The number of fused-ring (bicyclic) bond motifs is 2. The number of carbonyl (C=O) groups is 1. The lowest BCUT2D eigenvalue weighted by Gasteiger charge is -2.63. The Kier molecular flexibility index (Phi) is 2.35. The van der Waals surface area contributed by atoms with Crippen molar-refractivity contribution in [3.63, 3.8) is 0 Å². The molecule has 0 unspecified atom stereocenters. The van der Waals surface area contributed by atoms with Crippen LogP contribution in [0.1, 0.15) is 25.7 Å². The van der Waals surface area contributed by atoms with Crippen molar-refractivity contribution in [3.05, 3.63) is 12.5 Å². The van der Waals surface area contributed by atoms with Crippen LogP contribution in [-0.4, -0.2) is 29.8 Å². The number of nitrogens with one attached hydrogen (secondary N) is 2. The van der Waals surface area contributed by atoms with Crippen molar-refractivity contribution in [3.8, 4) is 0 Å². The van der Waals surface area contributed by atoms with E-state index in [9.17, 15) is 4.79 Å². The van der Waals surface area contributed by atoms with Gasteiger partial charge in [-0.1, -0.05) is 6.42 Å². The lowest BCUT2D eigenvalue weighted by atomic mass is 9.46. The zero-order valence-corrected chi connectivity index (χ0v) is 10.6. The summed E-state index contributed by atoms with van der Waals surface area (Å²) in [5.74, 6) is 0.482. The van der Waals surface area contributed by atoms with Crippen molar-refractivity contribution < 1.29 is 13.9 Å². The van der Waals surface area contributed by atoms with Gasteiger partial charge in [0.15, 0.2) is 0 Å². The lowest BCUT2D eigenvalue weighted by Crippen LogP contribution is -2.72. The molecule has 3 aliphatic rings. The SMILES string of the molecule is O=C(Nc1ncco1)N[C@@H]1[C@H]2CCO[C@H]2C12CCC2. The first-order valence-electron chi connectivity index (χ1n) is 6.88. The van der Waals surface area contributed by atoms with Gasteiger partial charge in [-0.05, 0) is 19.3 Å². The number of hydrogen-bond donors (Lipinski definition) is 2. The van der Waals surface area contributed by atoms with E-state index >= 15 is 0 Å². The molecule has 3 atom stereocenters. The Hall–Kier alpha value is -1.56. The Bertz CT molecular complexity index is 483. The van der Waals surface area contributed by atoms with Gasteiger partial charge in [-0.15, -0.1) is 0 Å². The topological polar surface area (TPSA) is 76.4 Å². The summed E-state index contributed by atoms with van der Waals surface area (Å²) in [6, 6.07) is 0.242. The molecule has 1 aliphatic heterocycles. The number of ether oxygens (including phenoxy) is 1. The predicted octanol–water partition coefficient (Wildman–Crippen LogP) is 1.75. The molecule has 19 heavy (non-hydrogen) atoms. The highest BCUT2D eigenvalue weighted by Gasteiger charge is 2.66. The van der Waals surface area contributed by atoms with Crippen molar-refractivity contribution in [2.24, 2.45) is 11.3 Å². The molecule has 2 N–H and O–H groups in total. The molecule has 102 valence electrons. The maximum absolute atomic E-state index is 12.0. The number of amides is 2. The predicted molar refractivity (Wildman–Crippen MR) is 66.6 cm³/mol. The first-order chi connectivity index (χ1) is 9.29. The van der Waals surface area contributed by atoms with Crippen LogP contribution in [0, 0.1) is 11.3 Å². The fourth-order valence-electron chi connectivity index (χ4n) is 4.02. The molecule has 2 aliphatic carbocycles. The van der Waals surface area contributed by atoms with Gasteiger partial charge in [0.1, 0.15) is 6.26 Å². The molecule has 0 aromatic carbocycles. The van der Waals surface area contributed by atoms with Crippen molar-refractivity contribution in [2.45, 2.75) is 37.8 Å². The van der Waals surface area contributed by atoms with Gasteiger partial charge in [0.05, 0.1) is 12.3 Å². The number of oxazole rings is 1. The molecular weight excluding hydrogens is 246 g/mol. The van der Waals surface area contributed by atoms with Crippen LogP contribution in [-0.2, 0) is 4.74 Å². The number of hydrogen-bond acceptors (Lipinski definition) is 4. The van der Waals surface area contributed by atoms with E-state index in [1.165, 1.54) is 18.9 Å². The van der Waals surface area contributed by atoms with Crippen LogP contribution in [0.25, 0.3) is 0 Å². The minimum Gasteiger partial charge on any atom is -0.432 e. The lowest BCUT2D eigenvalue weighted by molar-refractivity contribution is -0.171. The fraction of sp³-hybridized carbons (Fsp3) is 0.692. The van der Waals surface area contributed by atoms with Crippen LogP contribution in [0.4, 0.5) is 10.8 Å². The molecule has 4 rings (SSSR count). The highest BCUT2D eigenvalue weighted by Crippen LogP contribution is 2.62. The first-order valence-corrected chi connectivity index (χ1v) is 6.88. The summed E-state index contributed by atoms with van der Waals surface area (Å²) in [7, 11) is 0. The van der Waals surface area contributed by atoms with Gasteiger partial charge < -0.3 is 14.5 Å². The summed E-state index contributed by atoms with van der Waals surface area (Å²) in [6.07, 6.45) is 7.94. The van der Waals surface area contributed by atoms with Crippen LogP contribution in [0.15, 0.2) is 16.9 Å². The first kappa shape index (κ1) is 11.3. The largest absolute Gasteiger partial charge is 0.432 e. The summed E-state index contributed by atoms with van der Waals surface area (Å²) >= 11 is 0. The molecule has 6 nitrogen and oxygen atoms in total. The second kappa shape index (κ2) is 3.96. The quantitative estimate of drug-likeness (QED) is 0.852. The number of urea groups is 1. The van der Waals surface area contributed by atoms with E-state index in [1.807, 2.05) is 0 Å². The third-order valence-electron chi connectivity index (χ3n) is 4.98. The Morgan fingerprint density at radius 2 is 2.37 bits per heavy atom. The molecule has 1 saturated heterocycles. The van der Waals surface area contributed by atoms with Gasteiger partial charge in [-0.25, -0.2) is 9.78 Å². The van der Waals surface area contributed by atoms with E-state index in [4.69, 9.17) is 9.15 Å². The maximum Gasteiger partial charge on any atom is 0.323 e. The molecule has 2 saturated carbocycles. The van der Waals surface area contributed by atoms with Crippen LogP contribution in [0.2, 0.25) is 0 Å². The molecule has 0 bridgehead atoms. The molecule has 0 radical (unpaired) electrons. The third-order valence-corrected chi connectivity index (χ3v) is 4.98. The zero-order chi connectivity index (χ0) is 12.9. The molecule has 1 aromatic rings. The van der Waals surface area contributed by atoms with Crippen molar-refractivity contribution in [1.82, 2.24) is 10.3 Å². The van der Waals surface area contributed by atoms with Gasteiger partial charge in [-0.2, -0.15) is 0 Å². The molecule has 2 heterocycles. The summed E-state index contributed by atoms with van der Waals surface area (Å²) in [5.41, 5.74) is 0.203. The Morgan fingerprint density at radius 1 is 1.47 bits per heavy atom. The molecule has 2 amide bonds. The highest BCUT2D eigenvalue weighted by atomic mass is 16.5. The summed E-state index contributed by atoms with van der Waals surface area (Å²) < 4.78 is 10.8. The Labute approximate surface area is 110 Å².